The molecule has 0 amide bonds. The zero-order chi connectivity index (χ0) is 17.9. The van der Waals surface area contributed by atoms with Gasteiger partial charge in [-0.05, 0) is 49.7 Å². The molecular weight excluding hydrogens is 344 g/mol. The molecule has 26 heavy (non-hydrogen) atoms. The van der Waals surface area contributed by atoms with Crippen molar-refractivity contribution < 1.29 is 0 Å². The molecule has 0 aliphatic carbocycles. The molecule has 2 aromatic heterocycles. The number of pyridine rings is 1. The summed E-state index contributed by atoms with van der Waals surface area (Å²) < 4.78 is 8.60. The molecule has 1 aliphatic heterocycles. The topological polar surface area (TPSA) is 68.9 Å². The summed E-state index contributed by atoms with van der Waals surface area (Å²) in [5.41, 5.74) is 3.90. The predicted molar refractivity (Wildman–Crippen MR) is 103 cm³/mol. The zero-order valence-electron chi connectivity index (χ0n) is 14.7. The Balaban J connectivity index is 1.37. The minimum atomic E-state index is 0.551. The number of nitriles is 1. The van der Waals surface area contributed by atoms with Crippen molar-refractivity contribution in [2.24, 2.45) is 0 Å². The molecule has 3 heterocycles. The molecule has 1 saturated heterocycles. The summed E-state index contributed by atoms with van der Waals surface area (Å²) in [6.07, 6.45) is 3.90. The van der Waals surface area contributed by atoms with Crippen molar-refractivity contribution in [3.05, 3.63) is 47.7 Å². The number of anilines is 1. The number of nitrogens with zero attached hydrogens (tertiary/aromatic N) is 6. The van der Waals surface area contributed by atoms with Crippen LogP contribution in [0.1, 0.15) is 24.0 Å². The number of hydrogen-bond donors (Lipinski definition) is 0. The van der Waals surface area contributed by atoms with Gasteiger partial charge in [0.25, 0.3) is 0 Å². The summed E-state index contributed by atoms with van der Waals surface area (Å²) in [5.74, 6) is 0.909. The highest BCUT2D eigenvalue weighted by Gasteiger charge is 2.23. The van der Waals surface area contributed by atoms with Crippen molar-refractivity contribution >= 4 is 28.6 Å². The number of rotatable bonds is 4. The molecule has 0 saturated carbocycles. The molecule has 7 heteroatoms. The first-order valence-corrected chi connectivity index (χ1v) is 9.48. The van der Waals surface area contributed by atoms with E-state index >= 15 is 0 Å². The molecule has 1 aliphatic rings. The quantitative estimate of drug-likeness (QED) is 0.709. The van der Waals surface area contributed by atoms with Gasteiger partial charge in [0.05, 0.1) is 23.4 Å². The second kappa shape index (κ2) is 7.36. The maximum absolute atomic E-state index is 9.06. The van der Waals surface area contributed by atoms with E-state index in [0.717, 1.165) is 49.3 Å². The molecule has 0 N–H and O–H groups in total. The second-order valence-electron chi connectivity index (χ2n) is 6.74. The number of piperidine rings is 1. The smallest absolute Gasteiger partial charge is 0.129 e. The van der Waals surface area contributed by atoms with E-state index < -0.39 is 0 Å². The van der Waals surface area contributed by atoms with Crippen LogP contribution in [0, 0.1) is 11.3 Å². The van der Waals surface area contributed by atoms with Crippen LogP contribution >= 0.6 is 11.7 Å². The normalized spacial score (nSPS) is 15.5. The second-order valence-corrected chi connectivity index (χ2v) is 7.26. The molecule has 0 bridgehead atoms. The highest BCUT2D eigenvalue weighted by Crippen LogP contribution is 2.23. The van der Waals surface area contributed by atoms with Gasteiger partial charge >= 0.3 is 0 Å². The first-order chi connectivity index (χ1) is 12.7. The van der Waals surface area contributed by atoms with Crippen LogP contribution in [0.25, 0.3) is 11.0 Å². The van der Waals surface area contributed by atoms with Crippen molar-refractivity contribution in [3.8, 4) is 6.07 Å². The molecule has 1 fully saturated rings. The summed E-state index contributed by atoms with van der Waals surface area (Å²) in [6, 6.07) is 12.7. The summed E-state index contributed by atoms with van der Waals surface area (Å²) in [6.45, 7) is 2.85. The number of fused-ring (bicyclic) bond motifs is 1. The van der Waals surface area contributed by atoms with Crippen LogP contribution in [0.3, 0.4) is 0 Å². The van der Waals surface area contributed by atoms with Crippen molar-refractivity contribution in [2.45, 2.75) is 25.4 Å². The fourth-order valence-electron chi connectivity index (χ4n) is 3.54. The molecule has 0 spiro atoms. The summed E-state index contributed by atoms with van der Waals surface area (Å²) >= 11 is 1.26. The molecule has 132 valence electrons. The monoisotopic (exact) mass is 364 g/mol. The average Bonchev–Trinajstić information content (AvgIpc) is 3.16. The molecule has 0 atom stereocenters. The van der Waals surface area contributed by atoms with E-state index in [1.807, 2.05) is 6.07 Å². The summed E-state index contributed by atoms with van der Waals surface area (Å²) in [5, 5.41) is 9.06. The maximum atomic E-state index is 9.06. The van der Waals surface area contributed by atoms with Crippen molar-refractivity contribution in [3.63, 3.8) is 0 Å². The van der Waals surface area contributed by atoms with Crippen molar-refractivity contribution in [2.75, 3.05) is 25.0 Å². The van der Waals surface area contributed by atoms with Gasteiger partial charge in [0.1, 0.15) is 16.9 Å². The predicted octanol–water partition coefficient (Wildman–Crippen LogP) is 3.06. The van der Waals surface area contributed by atoms with Crippen molar-refractivity contribution in [1.82, 2.24) is 18.6 Å². The first-order valence-electron chi connectivity index (χ1n) is 8.75. The van der Waals surface area contributed by atoms with E-state index in [2.05, 4.69) is 54.8 Å². The SMILES string of the molecule is CN(Cc1ccc2nsnc2c1)C1CCN(c2cc(C#N)ccn2)CC1. The summed E-state index contributed by atoms with van der Waals surface area (Å²) in [4.78, 5) is 9.13. The molecular formula is C19H20N6S. The molecule has 4 rings (SSSR count). The van der Waals surface area contributed by atoms with Crippen LogP contribution in [-0.2, 0) is 6.54 Å². The molecule has 0 radical (unpaired) electrons. The van der Waals surface area contributed by atoms with Gasteiger partial charge < -0.3 is 4.90 Å². The third kappa shape index (κ3) is 3.52. The standard InChI is InChI=1S/C19H20N6S/c1-24(13-15-2-3-17-18(10-15)23-26-22-17)16-5-8-25(9-6-16)19-11-14(12-20)4-7-21-19/h2-4,7,10-11,16H,5-6,8-9,13H2,1H3. The maximum Gasteiger partial charge on any atom is 0.129 e. The molecule has 3 aromatic rings. The lowest BCUT2D eigenvalue weighted by Crippen LogP contribution is -2.43. The first kappa shape index (κ1) is 16.9. The van der Waals surface area contributed by atoms with Gasteiger partial charge in [-0.3, -0.25) is 4.90 Å². The third-order valence-electron chi connectivity index (χ3n) is 5.04. The lowest BCUT2D eigenvalue weighted by molar-refractivity contribution is 0.200. The van der Waals surface area contributed by atoms with Gasteiger partial charge in [0.2, 0.25) is 0 Å². The Morgan fingerprint density at radius 2 is 2.00 bits per heavy atom. The molecule has 0 unspecified atom stereocenters. The van der Waals surface area contributed by atoms with E-state index in [-0.39, 0.29) is 0 Å². The lowest BCUT2D eigenvalue weighted by atomic mass is 10.0. The fraction of sp³-hybridized carbons (Fsp3) is 0.368. The van der Waals surface area contributed by atoms with Gasteiger partial charge in [0, 0.05) is 31.9 Å². The highest BCUT2D eigenvalue weighted by molar-refractivity contribution is 7.00. The van der Waals surface area contributed by atoms with E-state index in [0.29, 0.717) is 11.6 Å². The summed E-state index contributed by atoms with van der Waals surface area (Å²) in [7, 11) is 2.19. The minimum Gasteiger partial charge on any atom is -0.356 e. The Kier molecular flexibility index (Phi) is 4.78. The lowest BCUT2D eigenvalue weighted by Gasteiger charge is -2.37. The van der Waals surface area contributed by atoms with E-state index in [1.165, 1.54) is 17.3 Å². The van der Waals surface area contributed by atoms with Gasteiger partial charge in [-0.25, -0.2) is 4.98 Å². The van der Waals surface area contributed by atoms with Crippen molar-refractivity contribution in [1.29, 1.82) is 5.26 Å². The van der Waals surface area contributed by atoms with Crippen LogP contribution in [0.2, 0.25) is 0 Å². The Hall–Kier alpha value is -2.56. The van der Waals surface area contributed by atoms with Crippen LogP contribution < -0.4 is 4.90 Å². The van der Waals surface area contributed by atoms with Crippen LogP contribution in [0.15, 0.2) is 36.5 Å². The average molecular weight is 364 g/mol. The molecule has 1 aromatic carbocycles. The number of hydrogen-bond acceptors (Lipinski definition) is 7. The van der Waals surface area contributed by atoms with Crippen LogP contribution in [-0.4, -0.2) is 44.8 Å². The van der Waals surface area contributed by atoms with E-state index in [9.17, 15) is 0 Å². The Bertz CT molecular complexity index is 938. The fourth-order valence-corrected chi connectivity index (χ4v) is 4.06. The van der Waals surface area contributed by atoms with Gasteiger partial charge in [-0.1, -0.05) is 6.07 Å². The zero-order valence-corrected chi connectivity index (χ0v) is 15.5. The Morgan fingerprint density at radius 3 is 2.81 bits per heavy atom. The van der Waals surface area contributed by atoms with Gasteiger partial charge in [0.15, 0.2) is 0 Å². The van der Waals surface area contributed by atoms with Gasteiger partial charge in [-0.15, -0.1) is 0 Å². The minimum absolute atomic E-state index is 0.551. The number of aromatic nitrogens is 3. The largest absolute Gasteiger partial charge is 0.356 e. The van der Waals surface area contributed by atoms with E-state index in [4.69, 9.17) is 5.26 Å². The highest BCUT2D eigenvalue weighted by atomic mass is 32.1. The van der Waals surface area contributed by atoms with Crippen LogP contribution in [0.4, 0.5) is 5.82 Å². The van der Waals surface area contributed by atoms with Crippen LogP contribution in [0.5, 0.6) is 0 Å². The third-order valence-corrected chi connectivity index (χ3v) is 5.59. The Labute approximate surface area is 157 Å². The Morgan fingerprint density at radius 1 is 1.19 bits per heavy atom. The van der Waals surface area contributed by atoms with E-state index in [1.54, 1.807) is 12.3 Å². The number of benzene rings is 1. The molecule has 6 nitrogen and oxygen atoms in total. The van der Waals surface area contributed by atoms with Gasteiger partial charge in [-0.2, -0.15) is 14.0 Å².